The van der Waals surface area contributed by atoms with Crippen molar-refractivity contribution in [2.24, 2.45) is 5.10 Å². The van der Waals surface area contributed by atoms with E-state index in [-0.39, 0.29) is 11.6 Å². The van der Waals surface area contributed by atoms with Crippen LogP contribution in [0.5, 0.6) is 0 Å². The Labute approximate surface area is 125 Å². The fourth-order valence-electron chi connectivity index (χ4n) is 2.22. The summed E-state index contributed by atoms with van der Waals surface area (Å²) in [5.74, 6) is -0.242. The van der Waals surface area contributed by atoms with E-state index < -0.39 is 4.92 Å². The number of aromatic nitrogens is 1. The summed E-state index contributed by atoms with van der Waals surface area (Å²) in [5.41, 5.74) is 5.13. The quantitative estimate of drug-likeness (QED) is 0.535. The topological polar surface area (TPSA) is 89.5 Å². The van der Waals surface area contributed by atoms with Crippen molar-refractivity contribution in [3.63, 3.8) is 0 Å². The first-order valence-electron chi connectivity index (χ1n) is 6.55. The summed E-state index contributed by atoms with van der Waals surface area (Å²) < 4.78 is 1.84. The number of carbonyl (C=O) groups excluding carboxylic acids is 1. The number of amides is 1. The summed E-state index contributed by atoms with van der Waals surface area (Å²) >= 11 is 0. The van der Waals surface area contributed by atoms with Gasteiger partial charge in [0.2, 0.25) is 0 Å². The summed E-state index contributed by atoms with van der Waals surface area (Å²) in [5, 5.41) is 14.6. The van der Waals surface area contributed by atoms with Crippen LogP contribution in [0, 0.1) is 10.1 Å². The SMILES string of the molecule is CC1=NNC(=O)C1=Cc1cccn1-c1ccc([N+](=O)[O-])cc1. The van der Waals surface area contributed by atoms with Crippen molar-refractivity contribution in [2.75, 3.05) is 0 Å². The maximum atomic E-state index is 11.7. The number of nitrogens with one attached hydrogen (secondary N) is 1. The van der Waals surface area contributed by atoms with Gasteiger partial charge in [0.1, 0.15) is 0 Å². The molecule has 0 fully saturated rings. The van der Waals surface area contributed by atoms with E-state index in [0.29, 0.717) is 11.3 Å². The zero-order valence-electron chi connectivity index (χ0n) is 11.7. The molecule has 1 amide bonds. The molecule has 0 bridgehead atoms. The molecule has 1 aromatic heterocycles. The van der Waals surface area contributed by atoms with Crippen LogP contribution in [-0.2, 0) is 4.79 Å². The number of rotatable bonds is 3. The molecule has 7 heteroatoms. The minimum Gasteiger partial charge on any atom is -0.317 e. The Morgan fingerprint density at radius 1 is 1.27 bits per heavy atom. The average molecular weight is 296 g/mol. The molecular formula is C15H12N4O3. The highest BCUT2D eigenvalue weighted by Crippen LogP contribution is 2.20. The van der Waals surface area contributed by atoms with Crippen LogP contribution in [0.25, 0.3) is 11.8 Å². The van der Waals surface area contributed by atoms with Crippen LogP contribution in [0.2, 0.25) is 0 Å². The van der Waals surface area contributed by atoms with E-state index in [1.165, 1.54) is 12.1 Å². The monoisotopic (exact) mass is 296 g/mol. The van der Waals surface area contributed by atoms with Crippen LogP contribution < -0.4 is 5.43 Å². The lowest BCUT2D eigenvalue weighted by molar-refractivity contribution is -0.384. The predicted molar refractivity (Wildman–Crippen MR) is 81.7 cm³/mol. The predicted octanol–water partition coefficient (Wildman–Crippen LogP) is 2.27. The van der Waals surface area contributed by atoms with Crippen LogP contribution in [0.4, 0.5) is 5.69 Å². The van der Waals surface area contributed by atoms with Crippen LogP contribution in [-0.4, -0.2) is 21.1 Å². The van der Waals surface area contributed by atoms with Gasteiger partial charge >= 0.3 is 0 Å². The molecule has 1 aliphatic rings. The van der Waals surface area contributed by atoms with E-state index in [1.54, 1.807) is 25.1 Å². The maximum Gasteiger partial charge on any atom is 0.273 e. The lowest BCUT2D eigenvalue weighted by Gasteiger charge is -2.07. The molecule has 2 heterocycles. The first kappa shape index (κ1) is 13.7. The van der Waals surface area contributed by atoms with Crippen molar-refractivity contribution in [2.45, 2.75) is 6.92 Å². The van der Waals surface area contributed by atoms with Gasteiger partial charge in [-0.25, -0.2) is 5.43 Å². The molecule has 1 N–H and O–H groups in total. The van der Waals surface area contributed by atoms with Gasteiger partial charge in [0.05, 0.1) is 16.2 Å². The van der Waals surface area contributed by atoms with Gasteiger partial charge < -0.3 is 4.57 Å². The molecule has 22 heavy (non-hydrogen) atoms. The molecular weight excluding hydrogens is 284 g/mol. The third-order valence-electron chi connectivity index (χ3n) is 3.37. The van der Waals surface area contributed by atoms with Crippen LogP contribution in [0.1, 0.15) is 12.6 Å². The maximum absolute atomic E-state index is 11.7. The smallest absolute Gasteiger partial charge is 0.273 e. The Morgan fingerprint density at radius 2 is 2.00 bits per heavy atom. The Hall–Kier alpha value is -3.22. The molecule has 110 valence electrons. The fraction of sp³-hybridized carbons (Fsp3) is 0.0667. The molecule has 3 rings (SSSR count). The number of hydrazone groups is 1. The van der Waals surface area contributed by atoms with Crippen LogP contribution >= 0.6 is 0 Å². The van der Waals surface area contributed by atoms with Crippen LogP contribution in [0.15, 0.2) is 53.3 Å². The van der Waals surface area contributed by atoms with Crippen LogP contribution in [0.3, 0.4) is 0 Å². The van der Waals surface area contributed by atoms with E-state index in [0.717, 1.165) is 11.4 Å². The van der Waals surface area contributed by atoms with Gasteiger partial charge in [-0.3, -0.25) is 14.9 Å². The van der Waals surface area contributed by atoms with Gasteiger partial charge in [0.15, 0.2) is 0 Å². The lowest BCUT2D eigenvalue weighted by Crippen LogP contribution is -2.12. The number of carbonyl (C=O) groups is 1. The van der Waals surface area contributed by atoms with Crippen molar-refractivity contribution in [3.05, 3.63) is 64.0 Å². The van der Waals surface area contributed by atoms with Gasteiger partial charge in [-0.1, -0.05) is 0 Å². The molecule has 0 saturated heterocycles. The second-order valence-electron chi connectivity index (χ2n) is 4.77. The van der Waals surface area contributed by atoms with E-state index in [4.69, 9.17) is 0 Å². The number of hydrogen-bond donors (Lipinski definition) is 1. The third-order valence-corrected chi connectivity index (χ3v) is 3.37. The molecule has 0 unspecified atom stereocenters. The van der Waals surface area contributed by atoms with E-state index >= 15 is 0 Å². The highest BCUT2D eigenvalue weighted by Gasteiger charge is 2.19. The zero-order chi connectivity index (χ0) is 15.7. The minimum atomic E-state index is -0.439. The summed E-state index contributed by atoms with van der Waals surface area (Å²) in [6, 6.07) is 9.91. The van der Waals surface area contributed by atoms with Crippen molar-refractivity contribution >= 4 is 23.4 Å². The van der Waals surface area contributed by atoms with E-state index in [9.17, 15) is 14.9 Å². The summed E-state index contributed by atoms with van der Waals surface area (Å²) in [4.78, 5) is 22.0. The molecule has 0 aliphatic carbocycles. The van der Waals surface area contributed by atoms with Gasteiger partial charge in [-0.2, -0.15) is 5.10 Å². The highest BCUT2D eigenvalue weighted by molar-refractivity contribution is 6.26. The number of nitro groups is 1. The Kier molecular flexibility index (Phi) is 3.30. The normalized spacial score (nSPS) is 15.8. The van der Waals surface area contributed by atoms with Crippen molar-refractivity contribution in [1.29, 1.82) is 0 Å². The zero-order valence-corrected chi connectivity index (χ0v) is 11.7. The lowest BCUT2D eigenvalue weighted by atomic mass is 10.1. The molecule has 1 aliphatic heterocycles. The molecule has 2 aromatic rings. The fourth-order valence-corrected chi connectivity index (χ4v) is 2.22. The minimum absolute atomic E-state index is 0.0361. The van der Waals surface area contributed by atoms with Gasteiger partial charge in [-0.05, 0) is 37.3 Å². The third kappa shape index (κ3) is 2.39. The van der Waals surface area contributed by atoms with Crippen molar-refractivity contribution < 1.29 is 9.72 Å². The van der Waals surface area contributed by atoms with Crippen molar-refractivity contribution in [1.82, 2.24) is 9.99 Å². The standard InChI is InChI=1S/C15H12N4O3/c1-10-14(15(20)17-16-10)9-13-3-2-8-18(13)11-4-6-12(7-5-11)19(21)22/h2-9H,1H3,(H,17,20). The van der Waals surface area contributed by atoms with Gasteiger partial charge in [0.25, 0.3) is 11.6 Å². The molecule has 0 atom stereocenters. The molecule has 0 spiro atoms. The highest BCUT2D eigenvalue weighted by atomic mass is 16.6. The van der Waals surface area contributed by atoms with E-state index in [2.05, 4.69) is 10.5 Å². The molecule has 0 saturated carbocycles. The molecule has 0 radical (unpaired) electrons. The summed E-state index contributed by atoms with van der Waals surface area (Å²) in [7, 11) is 0. The number of nitrogens with zero attached hydrogens (tertiary/aromatic N) is 3. The van der Waals surface area contributed by atoms with E-state index in [1.807, 2.05) is 22.9 Å². The Bertz CT molecular complexity index is 816. The van der Waals surface area contributed by atoms with Gasteiger partial charge in [-0.15, -0.1) is 0 Å². The molecule has 7 nitrogen and oxygen atoms in total. The molecule has 1 aromatic carbocycles. The largest absolute Gasteiger partial charge is 0.317 e. The number of nitro benzene ring substituents is 1. The summed E-state index contributed by atoms with van der Waals surface area (Å²) in [6.45, 7) is 1.75. The number of hydrogen-bond acceptors (Lipinski definition) is 4. The second-order valence-corrected chi connectivity index (χ2v) is 4.77. The number of non-ortho nitro benzene ring substituents is 1. The summed E-state index contributed by atoms with van der Waals surface area (Å²) in [6.07, 6.45) is 3.56. The van der Waals surface area contributed by atoms with Crippen molar-refractivity contribution in [3.8, 4) is 5.69 Å². The average Bonchev–Trinajstić information content (AvgIpc) is 3.09. The Balaban J connectivity index is 1.99. The Morgan fingerprint density at radius 3 is 2.59 bits per heavy atom. The first-order valence-corrected chi connectivity index (χ1v) is 6.55. The second kappa shape index (κ2) is 5.28. The first-order chi connectivity index (χ1) is 10.6. The van der Waals surface area contributed by atoms with Gasteiger partial charge in [0, 0.05) is 29.7 Å². The number of benzene rings is 1.